The number of amides is 1. The number of likely N-dealkylation sites (tertiary alicyclic amines) is 1. The number of carbonyl (C=O) groups is 1. The van der Waals surface area contributed by atoms with Gasteiger partial charge in [0.1, 0.15) is 12.4 Å². The van der Waals surface area contributed by atoms with Crippen LogP contribution in [0.3, 0.4) is 0 Å². The van der Waals surface area contributed by atoms with Gasteiger partial charge in [-0.25, -0.2) is 0 Å². The molecule has 124 valence electrons. The van der Waals surface area contributed by atoms with Crippen molar-refractivity contribution >= 4 is 18.3 Å². The summed E-state index contributed by atoms with van der Waals surface area (Å²) in [4.78, 5) is 14.5. The molecule has 0 aliphatic carbocycles. The highest BCUT2D eigenvalue weighted by Crippen LogP contribution is 2.20. The number of ether oxygens (including phenoxy) is 2. The molecule has 6 heteroatoms. The summed E-state index contributed by atoms with van der Waals surface area (Å²) in [5.41, 5.74) is 6.47. The van der Waals surface area contributed by atoms with Crippen LogP contribution in [-0.4, -0.2) is 50.3 Å². The molecule has 1 aliphatic rings. The standard InChI is InChI=1S/C16H24N2O3.ClH/c1-20-10-11-21-15-7-5-13(6-8-15)16(19)18-9-3-2-4-14(18)12-17;/h5-8,14H,2-4,9-12,17H2,1H3;1H. The Morgan fingerprint density at radius 1 is 1.27 bits per heavy atom. The van der Waals surface area contributed by atoms with Crippen LogP contribution >= 0.6 is 12.4 Å². The maximum Gasteiger partial charge on any atom is 0.254 e. The number of carbonyl (C=O) groups excluding carboxylic acids is 1. The number of hydrogen-bond acceptors (Lipinski definition) is 4. The van der Waals surface area contributed by atoms with Crippen LogP contribution in [0, 0.1) is 0 Å². The van der Waals surface area contributed by atoms with Gasteiger partial charge in [-0.3, -0.25) is 4.79 Å². The smallest absolute Gasteiger partial charge is 0.254 e. The summed E-state index contributed by atoms with van der Waals surface area (Å²) >= 11 is 0. The molecule has 1 saturated heterocycles. The van der Waals surface area contributed by atoms with Gasteiger partial charge < -0.3 is 20.1 Å². The lowest BCUT2D eigenvalue weighted by Gasteiger charge is -2.35. The maximum atomic E-state index is 12.6. The van der Waals surface area contributed by atoms with Gasteiger partial charge in [0.2, 0.25) is 0 Å². The molecule has 22 heavy (non-hydrogen) atoms. The van der Waals surface area contributed by atoms with Gasteiger partial charge in [0, 0.05) is 31.8 Å². The van der Waals surface area contributed by atoms with E-state index in [1.54, 1.807) is 7.11 Å². The topological polar surface area (TPSA) is 64.8 Å². The fourth-order valence-electron chi connectivity index (χ4n) is 2.62. The van der Waals surface area contributed by atoms with Crippen LogP contribution in [0.5, 0.6) is 5.75 Å². The van der Waals surface area contributed by atoms with Crippen LogP contribution in [0.15, 0.2) is 24.3 Å². The van der Waals surface area contributed by atoms with Crippen molar-refractivity contribution in [2.24, 2.45) is 5.73 Å². The molecule has 1 fully saturated rings. The quantitative estimate of drug-likeness (QED) is 0.812. The van der Waals surface area contributed by atoms with Crippen molar-refractivity contribution in [2.75, 3.05) is 33.4 Å². The number of methoxy groups -OCH3 is 1. The highest BCUT2D eigenvalue weighted by Gasteiger charge is 2.26. The summed E-state index contributed by atoms with van der Waals surface area (Å²) in [6.45, 7) is 2.38. The molecule has 1 atom stereocenters. The summed E-state index contributed by atoms with van der Waals surface area (Å²) in [6.07, 6.45) is 3.21. The van der Waals surface area contributed by atoms with Gasteiger partial charge in [-0.2, -0.15) is 0 Å². The number of nitrogens with two attached hydrogens (primary N) is 1. The first kappa shape index (κ1) is 18.7. The second-order valence-electron chi connectivity index (χ2n) is 5.25. The van der Waals surface area contributed by atoms with E-state index in [0.29, 0.717) is 25.3 Å². The van der Waals surface area contributed by atoms with Gasteiger partial charge in [0.05, 0.1) is 6.61 Å². The molecule has 2 rings (SSSR count). The molecular weight excluding hydrogens is 304 g/mol. The fraction of sp³-hybridized carbons (Fsp3) is 0.562. The van der Waals surface area contributed by atoms with Crippen molar-refractivity contribution in [1.82, 2.24) is 4.90 Å². The lowest BCUT2D eigenvalue weighted by Crippen LogP contribution is -2.47. The van der Waals surface area contributed by atoms with E-state index in [2.05, 4.69) is 0 Å². The number of halogens is 1. The minimum absolute atomic E-state index is 0. The summed E-state index contributed by atoms with van der Waals surface area (Å²) in [7, 11) is 1.64. The van der Waals surface area contributed by atoms with E-state index >= 15 is 0 Å². The van der Waals surface area contributed by atoms with Crippen molar-refractivity contribution in [3.63, 3.8) is 0 Å². The van der Waals surface area contributed by atoms with Crippen LogP contribution in [0.4, 0.5) is 0 Å². The summed E-state index contributed by atoms with van der Waals surface area (Å²) < 4.78 is 10.4. The summed E-state index contributed by atoms with van der Waals surface area (Å²) in [6, 6.07) is 7.44. The largest absolute Gasteiger partial charge is 0.491 e. The van der Waals surface area contributed by atoms with Crippen molar-refractivity contribution in [2.45, 2.75) is 25.3 Å². The number of nitrogens with zero attached hydrogens (tertiary/aromatic N) is 1. The number of hydrogen-bond donors (Lipinski definition) is 1. The first-order chi connectivity index (χ1) is 10.3. The van der Waals surface area contributed by atoms with E-state index in [0.717, 1.165) is 31.6 Å². The molecule has 0 bridgehead atoms. The molecular formula is C16H25ClN2O3. The van der Waals surface area contributed by atoms with Crippen molar-refractivity contribution in [1.29, 1.82) is 0 Å². The number of benzene rings is 1. The van der Waals surface area contributed by atoms with Crippen molar-refractivity contribution < 1.29 is 14.3 Å². The molecule has 5 nitrogen and oxygen atoms in total. The fourth-order valence-corrected chi connectivity index (χ4v) is 2.62. The van der Waals surface area contributed by atoms with E-state index in [1.165, 1.54) is 0 Å². The Hall–Kier alpha value is -1.30. The normalized spacial score (nSPS) is 17.7. The van der Waals surface area contributed by atoms with Gasteiger partial charge in [-0.15, -0.1) is 12.4 Å². The third kappa shape index (κ3) is 4.87. The molecule has 1 heterocycles. The van der Waals surface area contributed by atoms with E-state index in [4.69, 9.17) is 15.2 Å². The Bertz CT molecular complexity index is 453. The lowest BCUT2D eigenvalue weighted by atomic mass is 10.0. The van der Waals surface area contributed by atoms with Gasteiger partial charge in [-0.05, 0) is 43.5 Å². The van der Waals surface area contributed by atoms with E-state index in [1.807, 2.05) is 29.2 Å². The number of rotatable bonds is 6. The minimum atomic E-state index is 0. The van der Waals surface area contributed by atoms with Gasteiger partial charge >= 0.3 is 0 Å². The monoisotopic (exact) mass is 328 g/mol. The molecule has 2 N–H and O–H groups in total. The molecule has 0 aromatic heterocycles. The number of piperidine rings is 1. The van der Waals surface area contributed by atoms with Crippen LogP contribution in [0.1, 0.15) is 29.6 Å². The molecule has 1 aromatic carbocycles. The van der Waals surface area contributed by atoms with Crippen LogP contribution in [0.2, 0.25) is 0 Å². The average Bonchev–Trinajstić information content (AvgIpc) is 2.55. The highest BCUT2D eigenvalue weighted by atomic mass is 35.5. The first-order valence-corrected chi connectivity index (χ1v) is 7.49. The Balaban J connectivity index is 0.00000242. The first-order valence-electron chi connectivity index (χ1n) is 7.49. The Kier molecular flexibility index (Phi) is 8.24. The third-order valence-corrected chi connectivity index (χ3v) is 3.82. The van der Waals surface area contributed by atoms with E-state index < -0.39 is 0 Å². The zero-order valence-corrected chi connectivity index (χ0v) is 13.8. The Morgan fingerprint density at radius 3 is 2.64 bits per heavy atom. The predicted octanol–water partition coefficient (Wildman–Crippen LogP) is 2.09. The highest BCUT2D eigenvalue weighted by molar-refractivity contribution is 5.94. The zero-order chi connectivity index (χ0) is 15.1. The van der Waals surface area contributed by atoms with Crippen LogP contribution in [0.25, 0.3) is 0 Å². The molecule has 0 spiro atoms. The molecule has 1 aromatic rings. The van der Waals surface area contributed by atoms with Crippen molar-refractivity contribution in [3.8, 4) is 5.75 Å². The van der Waals surface area contributed by atoms with Gasteiger partial charge in [0.15, 0.2) is 0 Å². The van der Waals surface area contributed by atoms with Gasteiger partial charge in [0.25, 0.3) is 5.91 Å². The summed E-state index contributed by atoms with van der Waals surface area (Å²) in [5.74, 6) is 0.811. The second-order valence-corrected chi connectivity index (χ2v) is 5.25. The predicted molar refractivity (Wildman–Crippen MR) is 88.8 cm³/mol. The zero-order valence-electron chi connectivity index (χ0n) is 13.0. The van der Waals surface area contributed by atoms with Crippen molar-refractivity contribution in [3.05, 3.63) is 29.8 Å². The third-order valence-electron chi connectivity index (χ3n) is 3.82. The average molecular weight is 329 g/mol. The Labute approximate surface area is 138 Å². The maximum absolute atomic E-state index is 12.6. The van der Waals surface area contributed by atoms with Crippen LogP contribution in [-0.2, 0) is 4.74 Å². The molecule has 0 radical (unpaired) electrons. The Morgan fingerprint density at radius 2 is 2.00 bits per heavy atom. The minimum Gasteiger partial charge on any atom is -0.491 e. The molecule has 1 amide bonds. The van der Waals surface area contributed by atoms with E-state index in [9.17, 15) is 4.79 Å². The SMILES string of the molecule is COCCOc1ccc(C(=O)N2CCCCC2CN)cc1.Cl. The summed E-state index contributed by atoms with van der Waals surface area (Å²) in [5, 5.41) is 0. The molecule has 1 aliphatic heterocycles. The van der Waals surface area contributed by atoms with Crippen LogP contribution < -0.4 is 10.5 Å². The molecule has 0 saturated carbocycles. The molecule has 1 unspecified atom stereocenters. The lowest BCUT2D eigenvalue weighted by molar-refractivity contribution is 0.0623. The second kappa shape index (κ2) is 9.66. The van der Waals surface area contributed by atoms with E-state index in [-0.39, 0.29) is 24.4 Å². The van der Waals surface area contributed by atoms with Gasteiger partial charge in [-0.1, -0.05) is 0 Å².